The fraction of sp³-hybridized carbons (Fsp3) is 0. The molecule has 0 aliphatic carbocycles. The SMILES string of the molecule is O=C(/C=C/Nc1ccc(F)cc1)c1ccc(-c2ccccc2)cc1. The first-order valence-electron chi connectivity index (χ1n) is 7.61. The highest BCUT2D eigenvalue weighted by atomic mass is 19.1. The molecule has 0 amide bonds. The summed E-state index contributed by atoms with van der Waals surface area (Å²) in [5.41, 5.74) is 3.53. The van der Waals surface area contributed by atoms with Gasteiger partial charge in [0.2, 0.25) is 0 Å². The van der Waals surface area contributed by atoms with Crippen molar-refractivity contribution in [2.75, 3.05) is 5.32 Å². The van der Waals surface area contributed by atoms with E-state index in [-0.39, 0.29) is 11.6 Å². The Kier molecular flexibility index (Phi) is 4.82. The van der Waals surface area contributed by atoms with Gasteiger partial charge in [-0.15, -0.1) is 0 Å². The molecule has 0 heterocycles. The summed E-state index contributed by atoms with van der Waals surface area (Å²) >= 11 is 0. The van der Waals surface area contributed by atoms with Crippen molar-refractivity contribution in [1.82, 2.24) is 0 Å². The molecule has 2 nitrogen and oxygen atoms in total. The molecule has 0 radical (unpaired) electrons. The third-order valence-electron chi connectivity index (χ3n) is 3.61. The monoisotopic (exact) mass is 317 g/mol. The predicted molar refractivity (Wildman–Crippen MR) is 95.4 cm³/mol. The zero-order valence-corrected chi connectivity index (χ0v) is 12.9. The topological polar surface area (TPSA) is 29.1 Å². The Morgan fingerprint density at radius 1 is 0.792 bits per heavy atom. The van der Waals surface area contributed by atoms with Crippen LogP contribution >= 0.6 is 0 Å². The molecule has 0 saturated carbocycles. The summed E-state index contributed by atoms with van der Waals surface area (Å²) in [6.45, 7) is 0. The number of carbonyl (C=O) groups is 1. The van der Waals surface area contributed by atoms with Gasteiger partial charge >= 0.3 is 0 Å². The lowest BCUT2D eigenvalue weighted by Gasteiger charge is -2.03. The van der Waals surface area contributed by atoms with Crippen molar-refractivity contribution in [3.63, 3.8) is 0 Å². The lowest BCUT2D eigenvalue weighted by atomic mass is 10.0. The van der Waals surface area contributed by atoms with Crippen molar-refractivity contribution < 1.29 is 9.18 Å². The lowest BCUT2D eigenvalue weighted by molar-refractivity contribution is 0.104. The van der Waals surface area contributed by atoms with Crippen LogP contribution in [0.25, 0.3) is 11.1 Å². The summed E-state index contributed by atoms with van der Waals surface area (Å²) in [5.74, 6) is -0.386. The van der Waals surface area contributed by atoms with Crippen molar-refractivity contribution in [1.29, 1.82) is 0 Å². The second kappa shape index (κ2) is 7.38. The van der Waals surface area contributed by atoms with E-state index in [1.54, 1.807) is 18.3 Å². The maximum absolute atomic E-state index is 12.8. The predicted octanol–water partition coefficient (Wildman–Crippen LogP) is 5.30. The van der Waals surface area contributed by atoms with Crippen molar-refractivity contribution in [3.05, 3.63) is 103 Å². The average Bonchev–Trinajstić information content (AvgIpc) is 2.64. The molecule has 3 aromatic rings. The number of rotatable bonds is 5. The van der Waals surface area contributed by atoms with E-state index >= 15 is 0 Å². The number of ketones is 1. The molecule has 1 N–H and O–H groups in total. The van der Waals surface area contributed by atoms with Crippen LogP contribution < -0.4 is 5.32 Å². The molecule has 3 aromatic carbocycles. The summed E-state index contributed by atoms with van der Waals surface area (Å²) in [6.07, 6.45) is 3.02. The first-order chi connectivity index (χ1) is 11.7. The summed E-state index contributed by atoms with van der Waals surface area (Å²) < 4.78 is 12.8. The highest BCUT2D eigenvalue weighted by Crippen LogP contribution is 2.19. The third kappa shape index (κ3) is 3.96. The van der Waals surface area contributed by atoms with Gasteiger partial charge in [0.25, 0.3) is 0 Å². The van der Waals surface area contributed by atoms with Gasteiger partial charge in [-0.3, -0.25) is 4.79 Å². The second-order valence-electron chi connectivity index (χ2n) is 5.29. The van der Waals surface area contributed by atoms with E-state index < -0.39 is 0 Å². The summed E-state index contributed by atoms with van der Waals surface area (Å²) in [6, 6.07) is 23.4. The van der Waals surface area contributed by atoms with Crippen LogP contribution in [0, 0.1) is 5.82 Å². The van der Waals surface area contributed by atoms with Crippen LogP contribution in [0.3, 0.4) is 0 Å². The number of anilines is 1. The Morgan fingerprint density at radius 2 is 1.42 bits per heavy atom. The first kappa shape index (κ1) is 15.7. The largest absolute Gasteiger partial charge is 0.362 e. The second-order valence-corrected chi connectivity index (χ2v) is 5.29. The quantitative estimate of drug-likeness (QED) is 0.511. The molecule has 3 heteroatoms. The Hall–Kier alpha value is -3.20. The molecule has 24 heavy (non-hydrogen) atoms. The molecule has 0 fully saturated rings. The number of hydrogen-bond donors (Lipinski definition) is 1. The number of carbonyl (C=O) groups excluding carboxylic acids is 1. The number of nitrogens with one attached hydrogen (secondary N) is 1. The van der Waals surface area contributed by atoms with E-state index in [2.05, 4.69) is 5.32 Å². The zero-order valence-electron chi connectivity index (χ0n) is 12.9. The van der Waals surface area contributed by atoms with Crippen molar-refractivity contribution in [2.24, 2.45) is 0 Å². The van der Waals surface area contributed by atoms with Gasteiger partial charge in [-0.25, -0.2) is 4.39 Å². The molecule has 0 unspecified atom stereocenters. The zero-order chi connectivity index (χ0) is 16.8. The van der Waals surface area contributed by atoms with Crippen LogP contribution in [0.15, 0.2) is 91.1 Å². The molecule has 0 saturated heterocycles. The van der Waals surface area contributed by atoms with Crippen LogP contribution in [0.5, 0.6) is 0 Å². The maximum atomic E-state index is 12.8. The third-order valence-corrected chi connectivity index (χ3v) is 3.61. The van der Waals surface area contributed by atoms with Crippen LogP contribution in [-0.4, -0.2) is 5.78 Å². The lowest BCUT2D eigenvalue weighted by Crippen LogP contribution is -1.96. The van der Waals surface area contributed by atoms with E-state index in [0.29, 0.717) is 5.56 Å². The number of hydrogen-bond acceptors (Lipinski definition) is 2. The number of allylic oxidation sites excluding steroid dienone is 1. The van der Waals surface area contributed by atoms with E-state index in [1.165, 1.54) is 18.2 Å². The van der Waals surface area contributed by atoms with Crippen LogP contribution in [0.4, 0.5) is 10.1 Å². The Balaban J connectivity index is 1.64. The van der Waals surface area contributed by atoms with Crippen molar-refractivity contribution in [2.45, 2.75) is 0 Å². The highest BCUT2D eigenvalue weighted by molar-refractivity contribution is 6.04. The molecular weight excluding hydrogens is 301 g/mol. The van der Waals surface area contributed by atoms with E-state index in [1.807, 2.05) is 54.6 Å². The number of benzene rings is 3. The summed E-state index contributed by atoms with van der Waals surface area (Å²) in [5, 5.41) is 2.94. The van der Waals surface area contributed by atoms with Gasteiger partial charge in [-0.05, 0) is 35.4 Å². The first-order valence-corrected chi connectivity index (χ1v) is 7.61. The van der Waals surface area contributed by atoms with E-state index in [0.717, 1.165) is 16.8 Å². The van der Waals surface area contributed by atoms with Gasteiger partial charge in [0.05, 0.1) is 0 Å². The fourth-order valence-corrected chi connectivity index (χ4v) is 2.31. The van der Waals surface area contributed by atoms with Gasteiger partial charge in [0, 0.05) is 23.5 Å². The average molecular weight is 317 g/mol. The Bertz CT molecular complexity index is 837. The minimum absolute atomic E-state index is 0.0933. The van der Waals surface area contributed by atoms with Gasteiger partial charge in [0.15, 0.2) is 5.78 Å². The van der Waals surface area contributed by atoms with Crippen LogP contribution in [0.2, 0.25) is 0 Å². The number of halogens is 1. The summed E-state index contributed by atoms with van der Waals surface area (Å²) in [4.78, 5) is 12.2. The normalized spacial score (nSPS) is 10.7. The standard InChI is InChI=1S/C21H16FNO/c22-19-10-12-20(13-11-19)23-15-14-21(24)18-8-6-17(7-9-18)16-4-2-1-3-5-16/h1-15,23H/b15-14+. The summed E-state index contributed by atoms with van der Waals surface area (Å²) in [7, 11) is 0. The maximum Gasteiger partial charge on any atom is 0.187 e. The molecular formula is C21H16FNO. The van der Waals surface area contributed by atoms with Crippen LogP contribution in [-0.2, 0) is 0 Å². The molecule has 0 atom stereocenters. The van der Waals surface area contributed by atoms with E-state index in [4.69, 9.17) is 0 Å². The molecule has 0 aliphatic heterocycles. The molecule has 0 aliphatic rings. The minimum Gasteiger partial charge on any atom is -0.362 e. The Morgan fingerprint density at radius 3 is 2.08 bits per heavy atom. The molecule has 118 valence electrons. The van der Waals surface area contributed by atoms with Gasteiger partial charge in [-0.2, -0.15) is 0 Å². The van der Waals surface area contributed by atoms with Gasteiger partial charge in [0.1, 0.15) is 5.82 Å². The smallest absolute Gasteiger partial charge is 0.187 e. The van der Waals surface area contributed by atoms with Crippen molar-refractivity contribution >= 4 is 11.5 Å². The van der Waals surface area contributed by atoms with Crippen LogP contribution in [0.1, 0.15) is 10.4 Å². The van der Waals surface area contributed by atoms with Gasteiger partial charge < -0.3 is 5.32 Å². The van der Waals surface area contributed by atoms with Crippen molar-refractivity contribution in [3.8, 4) is 11.1 Å². The molecule has 0 bridgehead atoms. The van der Waals surface area contributed by atoms with E-state index in [9.17, 15) is 9.18 Å². The Labute approximate surface area is 140 Å². The molecule has 0 spiro atoms. The molecule has 0 aromatic heterocycles. The highest BCUT2D eigenvalue weighted by Gasteiger charge is 2.02. The van der Waals surface area contributed by atoms with Gasteiger partial charge in [-0.1, -0.05) is 54.6 Å². The molecule has 3 rings (SSSR count). The minimum atomic E-state index is -0.292. The fourth-order valence-electron chi connectivity index (χ4n) is 2.31.